The minimum atomic E-state index is 0.176. The van der Waals surface area contributed by atoms with Gasteiger partial charge in [0.15, 0.2) is 0 Å². The van der Waals surface area contributed by atoms with E-state index < -0.39 is 0 Å². The second-order valence-corrected chi connectivity index (χ2v) is 4.88. The normalized spacial score (nSPS) is 18.7. The highest BCUT2D eigenvalue weighted by Gasteiger charge is 2.22. The Balaban J connectivity index is 1.97. The molecule has 2 N–H and O–H groups in total. The van der Waals surface area contributed by atoms with Crippen molar-refractivity contribution in [3.05, 3.63) is 29.8 Å². The lowest BCUT2D eigenvalue weighted by atomic mass is 10.1. The average Bonchev–Trinajstić information content (AvgIpc) is 2.39. The predicted molar refractivity (Wildman–Crippen MR) is 73.1 cm³/mol. The molecule has 1 fully saturated rings. The minimum Gasteiger partial charge on any atom is -0.399 e. The zero-order valence-electron chi connectivity index (χ0n) is 11.1. The second-order valence-electron chi connectivity index (χ2n) is 4.88. The number of amides is 1. The maximum Gasteiger partial charge on any atom is 0.219 e. The Bertz CT molecular complexity index is 408. The lowest BCUT2D eigenvalue weighted by molar-refractivity contribution is -0.130. The van der Waals surface area contributed by atoms with Crippen LogP contribution in [-0.2, 0) is 4.79 Å². The predicted octanol–water partition coefficient (Wildman–Crippen LogP) is 1.49. The van der Waals surface area contributed by atoms with Gasteiger partial charge in [0.2, 0.25) is 5.91 Å². The van der Waals surface area contributed by atoms with Crippen LogP contribution in [0.3, 0.4) is 0 Å². The maximum absolute atomic E-state index is 11.3. The summed E-state index contributed by atoms with van der Waals surface area (Å²) in [6.07, 6.45) is 0. The van der Waals surface area contributed by atoms with Crippen molar-refractivity contribution in [2.75, 3.05) is 31.9 Å². The van der Waals surface area contributed by atoms with E-state index in [4.69, 9.17) is 5.73 Å². The van der Waals surface area contributed by atoms with Gasteiger partial charge in [-0.25, -0.2) is 0 Å². The Hall–Kier alpha value is -1.55. The molecular formula is C14H21N3O. The summed E-state index contributed by atoms with van der Waals surface area (Å²) in [5, 5.41) is 0. The monoisotopic (exact) mass is 247 g/mol. The number of benzene rings is 1. The third kappa shape index (κ3) is 2.82. The fraction of sp³-hybridized carbons (Fsp3) is 0.500. The van der Waals surface area contributed by atoms with Gasteiger partial charge in [0.1, 0.15) is 0 Å². The Labute approximate surface area is 108 Å². The molecule has 0 aliphatic carbocycles. The van der Waals surface area contributed by atoms with Gasteiger partial charge in [-0.2, -0.15) is 0 Å². The molecule has 1 aliphatic rings. The van der Waals surface area contributed by atoms with E-state index in [9.17, 15) is 4.79 Å². The van der Waals surface area contributed by atoms with Crippen LogP contribution in [0, 0.1) is 0 Å². The Morgan fingerprint density at radius 3 is 2.22 bits per heavy atom. The van der Waals surface area contributed by atoms with Crippen molar-refractivity contribution in [3.63, 3.8) is 0 Å². The number of hydrogen-bond acceptors (Lipinski definition) is 3. The zero-order valence-corrected chi connectivity index (χ0v) is 11.1. The third-order valence-electron chi connectivity index (χ3n) is 3.73. The molecule has 18 heavy (non-hydrogen) atoms. The molecule has 1 heterocycles. The van der Waals surface area contributed by atoms with Gasteiger partial charge < -0.3 is 10.6 Å². The van der Waals surface area contributed by atoms with E-state index in [1.807, 2.05) is 17.0 Å². The molecule has 98 valence electrons. The lowest BCUT2D eigenvalue weighted by Crippen LogP contribution is -2.48. The highest BCUT2D eigenvalue weighted by atomic mass is 16.2. The first-order valence-corrected chi connectivity index (χ1v) is 6.43. The van der Waals surface area contributed by atoms with Crippen LogP contribution in [0.25, 0.3) is 0 Å². The molecule has 1 atom stereocenters. The number of rotatable bonds is 2. The number of carbonyl (C=O) groups excluding carboxylic acids is 1. The molecule has 1 amide bonds. The summed E-state index contributed by atoms with van der Waals surface area (Å²) < 4.78 is 0. The third-order valence-corrected chi connectivity index (χ3v) is 3.73. The minimum absolute atomic E-state index is 0.176. The molecular weight excluding hydrogens is 226 g/mol. The maximum atomic E-state index is 11.3. The number of anilines is 1. The van der Waals surface area contributed by atoms with Crippen molar-refractivity contribution < 1.29 is 4.79 Å². The van der Waals surface area contributed by atoms with Gasteiger partial charge in [0, 0.05) is 44.8 Å². The van der Waals surface area contributed by atoms with Gasteiger partial charge in [-0.15, -0.1) is 0 Å². The number of nitrogen functional groups attached to an aromatic ring is 1. The highest BCUT2D eigenvalue weighted by molar-refractivity contribution is 5.73. The fourth-order valence-corrected chi connectivity index (χ4v) is 2.41. The molecule has 4 nitrogen and oxygen atoms in total. The van der Waals surface area contributed by atoms with Gasteiger partial charge in [0.05, 0.1) is 0 Å². The zero-order chi connectivity index (χ0) is 13.1. The van der Waals surface area contributed by atoms with Crippen LogP contribution in [0.4, 0.5) is 5.69 Å². The molecule has 2 rings (SSSR count). The number of carbonyl (C=O) groups is 1. The van der Waals surface area contributed by atoms with E-state index >= 15 is 0 Å². The van der Waals surface area contributed by atoms with Gasteiger partial charge >= 0.3 is 0 Å². The second kappa shape index (κ2) is 5.40. The summed E-state index contributed by atoms with van der Waals surface area (Å²) in [5.41, 5.74) is 7.78. The van der Waals surface area contributed by atoms with Crippen LogP contribution in [0.1, 0.15) is 25.5 Å². The summed E-state index contributed by atoms with van der Waals surface area (Å²) in [6.45, 7) is 7.37. The topological polar surface area (TPSA) is 49.6 Å². The summed E-state index contributed by atoms with van der Waals surface area (Å²) in [4.78, 5) is 15.6. The summed E-state index contributed by atoms with van der Waals surface area (Å²) in [6, 6.07) is 8.42. The number of nitrogens with zero attached hydrogens (tertiary/aromatic N) is 2. The van der Waals surface area contributed by atoms with E-state index in [2.05, 4.69) is 24.0 Å². The molecule has 0 saturated carbocycles. The SMILES string of the molecule is CC(=O)N1CCN(C(C)c2ccc(N)cc2)CC1. The first-order chi connectivity index (χ1) is 8.58. The van der Waals surface area contributed by atoms with Crippen LogP contribution < -0.4 is 5.73 Å². The Morgan fingerprint density at radius 1 is 1.17 bits per heavy atom. The van der Waals surface area contributed by atoms with Crippen LogP contribution in [0.2, 0.25) is 0 Å². The summed E-state index contributed by atoms with van der Waals surface area (Å²) >= 11 is 0. The number of nitrogens with two attached hydrogens (primary N) is 1. The molecule has 1 unspecified atom stereocenters. The lowest BCUT2D eigenvalue weighted by Gasteiger charge is -2.37. The van der Waals surface area contributed by atoms with Crippen molar-refractivity contribution in [3.8, 4) is 0 Å². The van der Waals surface area contributed by atoms with Crippen molar-refractivity contribution in [2.24, 2.45) is 0 Å². The van der Waals surface area contributed by atoms with Crippen molar-refractivity contribution in [1.82, 2.24) is 9.80 Å². The van der Waals surface area contributed by atoms with Crippen molar-refractivity contribution in [2.45, 2.75) is 19.9 Å². The fourth-order valence-electron chi connectivity index (χ4n) is 2.41. The van der Waals surface area contributed by atoms with E-state index in [1.54, 1.807) is 6.92 Å². The molecule has 4 heteroatoms. The van der Waals surface area contributed by atoms with Crippen LogP contribution in [-0.4, -0.2) is 41.9 Å². The van der Waals surface area contributed by atoms with Crippen molar-refractivity contribution in [1.29, 1.82) is 0 Å². The first-order valence-electron chi connectivity index (χ1n) is 6.43. The molecule has 0 radical (unpaired) electrons. The summed E-state index contributed by atoms with van der Waals surface area (Å²) in [5.74, 6) is 0.176. The molecule has 0 aromatic heterocycles. The van der Waals surface area contributed by atoms with E-state index in [0.29, 0.717) is 6.04 Å². The molecule has 0 spiro atoms. The van der Waals surface area contributed by atoms with Gasteiger partial charge in [0.25, 0.3) is 0 Å². The van der Waals surface area contributed by atoms with Crippen LogP contribution in [0.5, 0.6) is 0 Å². The van der Waals surface area contributed by atoms with Crippen molar-refractivity contribution >= 4 is 11.6 Å². The first kappa shape index (κ1) is 12.9. The molecule has 1 aromatic rings. The van der Waals surface area contributed by atoms with E-state index in [1.165, 1.54) is 5.56 Å². The van der Waals surface area contributed by atoms with Gasteiger partial charge in [-0.1, -0.05) is 12.1 Å². The smallest absolute Gasteiger partial charge is 0.219 e. The molecule has 1 saturated heterocycles. The Morgan fingerprint density at radius 2 is 1.72 bits per heavy atom. The Kier molecular flexibility index (Phi) is 3.87. The molecule has 1 aromatic carbocycles. The van der Waals surface area contributed by atoms with E-state index in [0.717, 1.165) is 31.9 Å². The number of hydrogen-bond donors (Lipinski definition) is 1. The van der Waals surface area contributed by atoms with Crippen LogP contribution in [0.15, 0.2) is 24.3 Å². The number of piperazine rings is 1. The van der Waals surface area contributed by atoms with E-state index in [-0.39, 0.29) is 5.91 Å². The molecule has 1 aliphatic heterocycles. The highest BCUT2D eigenvalue weighted by Crippen LogP contribution is 2.22. The summed E-state index contributed by atoms with van der Waals surface area (Å²) in [7, 11) is 0. The average molecular weight is 247 g/mol. The quantitative estimate of drug-likeness (QED) is 0.806. The molecule has 0 bridgehead atoms. The standard InChI is InChI=1S/C14H21N3O/c1-11(13-3-5-14(15)6-4-13)16-7-9-17(10-8-16)12(2)18/h3-6,11H,7-10,15H2,1-2H3. The van der Waals surface area contributed by atoms with Crippen LogP contribution >= 0.6 is 0 Å². The van der Waals surface area contributed by atoms with Gasteiger partial charge in [-0.05, 0) is 24.6 Å². The van der Waals surface area contributed by atoms with Gasteiger partial charge in [-0.3, -0.25) is 9.69 Å². The largest absolute Gasteiger partial charge is 0.399 e.